The third kappa shape index (κ3) is 25.5. The lowest BCUT2D eigenvalue weighted by Gasteiger charge is -2.03. The molecule has 0 radical (unpaired) electrons. The average molecular weight is 377 g/mol. The van der Waals surface area contributed by atoms with E-state index in [1.807, 2.05) is 6.08 Å². The van der Waals surface area contributed by atoms with Crippen molar-refractivity contribution in [1.82, 2.24) is 0 Å². The second-order valence-corrected chi connectivity index (χ2v) is 8.49. The monoisotopic (exact) mass is 376 g/mol. The summed E-state index contributed by atoms with van der Waals surface area (Å²) >= 11 is 0. The van der Waals surface area contributed by atoms with Crippen LogP contribution in [0.5, 0.6) is 0 Å². The molecule has 0 saturated heterocycles. The molecule has 0 rings (SSSR count). The molecule has 0 aromatic rings. The van der Waals surface area contributed by atoms with Crippen molar-refractivity contribution in [1.29, 1.82) is 0 Å². The zero-order valence-electron chi connectivity index (χ0n) is 19.0. The Labute approximate surface area is 173 Å². The van der Waals surface area contributed by atoms with Gasteiger partial charge < -0.3 is 0 Å². The summed E-state index contributed by atoms with van der Waals surface area (Å²) in [4.78, 5) is 0. The number of unbranched alkanes of at least 4 members (excludes halogenated alkanes) is 20. The molecule has 0 saturated carbocycles. The van der Waals surface area contributed by atoms with Crippen molar-refractivity contribution >= 4 is 0 Å². The van der Waals surface area contributed by atoms with Gasteiger partial charge in [-0.25, -0.2) is 0 Å². The first-order valence-electron chi connectivity index (χ1n) is 12.7. The third-order valence-electron chi connectivity index (χ3n) is 5.67. The molecule has 27 heavy (non-hydrogen) atoms. The van der Waals surface area contributed by atoms with Gasteiger partial charge in [-0.3, -0.25) is 0 Å². The Morgan fingerprint density at radius 1 is 0.407 bits per heavy atom. The normalized spacial score (nSPS) is 11.4. The molecule has 0 aromatic carbocycles. The van der Waals surface area contributed by atoms with Crippen molar-refractivity contribution in [2.75, 3.05) is 0 Å². The van der Waals surface area contributed by atoms with Crippen LogP contribution in [0.4, 0.5) is 0 Å². The lowest BCUT2D eigenvalue weighted by molar-refractivity contribution is 0.538. The van der Waals surface area contributed by atoms with Gasteiger partial charge in [-0.1, -0.05) is 128 Å². The van der Waals surface area contributed by atoms with Gasteiger partial charge in [0.25, 0.3) is 0 Å². The van der Waals surface area contributed by atoms with Gasteiger partial charge in [0.2, 0.25) is 0 Å². The Hall–Kier alpha value is -0.520. The summed E-state index contributed by atoms with van der Waals surface area (Å²) in [6.45, 7) is 6.07. The number of rotatable bonds is 23. The molecule has 0 unspecified atom stereocenters. The highest BCUT2D eigenvalue weighted by molar-refractivity contribution is 4.81. The highest BCUT2D eigenvalue weighted by Gasteiger charge is 1.94. The first kappa shape index (κ1) is 26.5. The summed E-state index contributed by atoms with van der Waals surface area (Å²) in [6.07, 6.45) is 37.9. The van der Waals surface area contributed by atoms with Gasteiger partial charge in [-0.2, -0.15) is 0 Å². The van der Waals surface area contributed by atoms with Crippen LogP contribution >= 0.6 is 0 Å². The summed E-state index contributed by atoms with van der Waals surface area (Å²) < 4.78 is 0. The number of hydrogen-bond donors (Lipinski definition) is 0. The zero-order chi connectivity index (χ0) is 19.7. The van der Waals surface area contributed by atoms with Gasteiger partial charge in [0, 0.05) is 0 Å². The van der Waals surface area contributed by atoms with Gasteiger partial charge in [0.05, 0.1) is 0 Å². The second kappa shape index (κ2) is 25.5. The molecule has 0 aromatic heterocycles. The summed E-state index contributed by atoms with van der Waals surface area (Å²) in [5, 5.41) is 0. The van der Waals surface area contributed by atoms with Crippen molar-refractivity contribution in [3.63, 3.8) is 0 Å². The molecule has 0 N–H and O–H groups in total. The predicted octanol–water partition coefficient (Wildman–Crippen LogP) is 10.3. The van der Waals surface area contributed by atoms with Crippen molar-refractivity contribution in [2.45, 2.75) is 148 Å². The Morgan fingerprint density at radius 3 is 1.04 bits per heavy atom. The molecule has 0 aliphatic rings. The van der Waals surface area contributed by atoms with E-state index >= 15 is 0 Å². The van der Waals surface area contributed by atoms with E-state index in [2.05, 4.69) is 25.7 Å². The van der Waals surface area contributed by atoms with E-state index in [1.165, 1.54) is 141 Å². The zero-order valence-corrected chi connectivity index (χ0v) is 19.0. The smallest absolute Gasteiger partial charge is 0.0351 e. The standard InChI is InChI=1S/C27H52/c1-3-5-7-9-11-13-15-17-19-21-23-25-27-26-24-22-20-18-16-14-12-10-8-6-4-2/h3,18,20H,1,4-17,19,21-27H2,2H3. The van der Waals surface area contributed by atoms with E-state index in [1.54, 1.807) is 0 Å². The van der Waals surface area contributed by atoms with Crippen LogP contribution in [-0.4, -0.2) is 0 Å². The molecule has 0 spiro atoms. The predicted molar refractivity (Wildman–Crippen MR) is 127 cm³/mol. The van der Waals surface area contributed by atoms with E-state index in [4.69, 9.17) is 0 Å². The molecule has 0 heterocycles. The first-order valence-corrected chi connectivity index (χ1v) is 12.7. The topological polar surface area (TPSA) is 0 Å². The van der Waals surface area contributed by atoms with Gasteiger partial charge >= 0.3 is 0 Å². The van der Waals surface area contributed by atoms with Crippen LogP contribution in [0.2, 0.25) is 0 Å². The van der Waals surface area contributed by atoms with Crippen LogP contribution in [0.25, 0.3) is 0 Å². The largest absolute Gasteiger partial charge is 0.103 e. The molecule has 160 valence electrons. The molecule has 0 nitrogen and oxygen atoms in total. The maximum atomic E-state index is 3.78. The highest BCUT2D eigenvalue weighted by Crippen LogP contribution is 2.14. The van der Waals surface area contributed by atoms with E-state index in [0.717, 1.165) is 0 Å². The van der Waals surface area contributed by atoms with Crippen LogP contribution in [0.1, 0.15) is 148 Å². The molecule has 0 aliphatic carbocycles. The number of hydrogen-bond acceptors (Lipinski definition) is 0. The fraction of sp³-hybridized carbons (Fsp3) is 0.852. The van der Waals surface area contributed by atoms with Crippen LogP contribution in [0.3, 0.4) is 0 Å². The van der Waals surface area contributed by atoms with E-state index in [-0.39, 0.29) is 0 Å². The maximum absolute atomic E-state index is 3.78. The quantitative estimate of drug-likeness (QED) is 0.123. The molecular weight excluding hydrogens is 324 g/mol. The van der Waals surface area contributed by atoms with E-state index in [9.17, 15) is 0 Å². The summed E-state index contributed by atoms with van der Waals surface area (Å²) in [6, 6.07) is 0. The fourth-order valence-corrected chi connectivity index (χ4v) is 3.77. The third-order valence-corrected chi connectivity index (χ3v) is 5.67. The summed E-state index contributed by atoms with van der Waals surface area (Å²) in [7, 11) is 0. The lowest BCUT2D eigenvalue weighted by atomic mass is 10.0. The SMILES string of the molecule is C=CCCCCCCCCCCCCCCCC=CCCCCCCCC. The molecule has 0 amide bonds. The van der Waals surface area contributed by atoms with Crippen molar-refractivity contribution in [2.24, 2.45) is 0 Å². The van der Waals surface area contributed by atoms with Crippen molar-refractivity contribution in [3.05, 3.63) is 24.8 Å². The first-order chi connectivity index (χ1) is 13.4. The minimum absolute atomic E-state index is 1.20. The number of allylic oxidation sites excluding steroid dienone is 3. The molecule has 0 atom stereocenters. The Kier molecular flexibility index (Phi) is 25.0. The Bertz CT molecular complexity index is 288. The van der Waals surface area contributed by atoms with Gasteiger partial charge in [0.15, 0.2) is 0 Å². The summed E-state index contributed by atoms with van der Waals surface area (Å²) in [5.74, 6) is 0. The molecular formula is C27H52. The maximum Gasteiger partial charge on any atom is -0.0351 e. The lowest BCUT2D eigenvalue weighted by Crippen LogP contribution is -1.83. The molecule has 0 heteroatoms. The second-order valence-electron chi connectivity index (χ2n) is 8.49. The highest BCUT2D eigenvalue weighted by atomic mass is 14.0. The Morgan fingerprint density at radius 2 is 0.704 bits per heavy atom. The van der Waals surface area contributed by atoms with Crippen LogP contribution in [-0.2, 0) is 0 Å². The molecule has 0 aliphatic heterocycles. The van der Waals surface area contributed by atoms with Gasteiger partial charge in [0.1, 0.15) is 0 Å². The van der Waals surface area contributed by atoms with Crippen LogP contribution in [0.15, 0.2) is 24.8 Å². The van der Waals surface area contributed by atoms with Crippen LogP contribution in [0, 0.1) is 0 Å². The van der Waals surface area contributed by atoms with E-state index < -0.39 is 0 Å². The fourth-order valence-electron chi connectivity index (χ4n) is 3.77. The van der Waals surface area contributed by atoms with Gasteiger partial charge in [-0.15, -0.1) is 6.58 Å². The minimum Gasteiger partial charge on any atom is -0.103 e. The van der Waals surface area contributed by atoms with Gasteiger partial charge in [-0.05, 0) is 38.5 Å². The molecule has 0 bridgehead atoms. The van der Waals surface area contributed by atoms with Crippen molar-refractivity contribution < 1.29 is 0 Å². The van der Waals surface area contributed by atoms with Crippen LogP contribution < -0.4 is 0 Å². The Balaban J connectivity index is 3.04. The average Bonchev–Trinajstić information content (AvgIpc) is 2.68. The minimum atomic E-state index is 1.20. The molecule has 0 fully saturated rings. The van der Waals surface area contributed by atoms with E-state index in [0.29, 0.717) is 0 Å². The van der Waals surface area contributed by atoms with Crippen molar-refractivity contribution in [3.8, 4) is 0 Å². The summed E-state index contributed by atoms with van der Waals surface area (Å²) in [5.41, 5.74) is 0.